The first-order valence-corrected chi connectivity index (χ1v) is 11.0. The molecule has 1 saturated heterocycles. The van der Waals surface area contributed by atoms with E-state index in [1.54, 1.807) is 29.3 Å². The summed E-state index contributed by atoms with van der Waals surface area (Å²) < 4.78 is 6.37. The molecular formula is C21H23N9S. The summed E-state index contributed by atoms with van der Waals surface area (Å²) in [4.78, 5) is 18.0. The normalized spacial score (nSPS) is 14.7. The van der Waals surface area contributed by atoms with Crippen molar-refractivity contribution < 1.29 is 0 Å². The molecule has 31 heavy (non-hydrogen) atoms. The Kier molecular flexibility index (Phi) is 5.55. The van der Waals surface area contributed by atoms with Gasteiger partial charge in [0.15, 0.2) is 5.82 Å². The van der Waals surface area contributed by atoms with Crippen molar-refractivity contribution >= 4 is 28.2 Å². The highest BCUT2D eigenvalue weighted by molar-refractivity contribution is 7.10. The van der Waals surface area contributed by atoms with Crippen LogP contribution in [0.1, 0.15) is 11.4 Å². The number of hydrogen-bond acceptors (Lipinski definition) is 9. The van der Waals surface area contributed by atoms with E-state index in [-0.39, 0.29) is 0 Å². The molecule has 5 heterocycles. The Bertz CT molecular complexity index is 1120. The van der Waals surface area contributed by atoms with Crippen LogP contribution in [0, 0.1) is 6.92 Å². The van der Waals surface area contributed by atoms with E-state index >= 15 is 0 Å². The van der Waals surface area contributed by atoms with Crippen LogP contribution in [0.4, 0.5) is 16.6 Å². The fourth-order valence-electron chi connectivity index (χ4n) is 3.70. The number of nitrogens with one attached hydrogen (secondary N) is 1. The Hall–Kier alpha value is -3.37. The van der Waals surface area contributed by atoms with E-state index in [1.807, 2.05) is 18.3 Å². The van der Waals surface area contributed by atoms with Crippen LogP contribution in [-0.2, 0) is 6.54 Å². The number of piperazine rings is 1. The third-order valence-corrected chi connectivity index (χ3v) is 5.98. The van der Waals surface area contributed by atoms with Crippen LogP contribution >= 0.6 is 11.5 Å². The van der Waals surface area contributed by atoms with E-state index in [0.717, 1.165) is 54.9 Å². The molecule has 0 aromatic carbocycles. The zero-order valence-corrected chi connectivity index (χ0v) is 18.0. The first-order valence-electron chi connectivity index (χ1n) is 10.2. The highest BCUT2D eigenvalue weighted by Crippen LogP contribution is 2.23. The molecule has 0 bridgehead atoms. The lowest BCUT2D eigenvalue weighted by atomic mass is 10.2. The molecular weight excluding hydrogens is 410 g/mol. The molecule has 1 N–H and O–H groups in total. The fourth-order valence-corrected chi connectivity index (χ4v) is 4.35. The van der Waals surface area contributed by atoms with Gasteiger partial charge in [-0.15, -0.1) is 0 Å². The second-order valence-electron chi connectivity index (χ2n) is 7.37. The lowest BCUT2D eigenvalue weighted by molar-refractivity contribution is 0.247. The molecule has 0 atom stereocenters. The van der Waals surface area contributed by atoms with Gasteiger partial charge in [-0.25, -0.2) is 19.6 Å². The van der Waals surface area contributed by atoms with E-state index in [9.17, 15) is 0 Å². The molecule has 10 heteroatoms. The van der Waals surface area contributed by atoms with E-state index in [4.69, 9.17) is 4.98 Å². The molecule has 0 amide bonds. The van der Waals surface area contributed by atoms with Crippen molar-refractivity contribution in [3.63, 3.8) is 0 Å². The predicted octanol–water partition coefficient (Wildman–Crippen LogP) is 2.89. The number of aromatic nitrogens is 6. The average molecular weight is 434 g/mol. The second-order valence-corrected chi connectivity index (χ2v) is 8.17. The number of nitrogens with zero attached hydrogens (tertiary/aromatic N) is 8. The van der Waals surface area contributed by atoms with Crippen molar-refractivity contribution in [2.75, 3.05) is 36.4 Å². The Morgan fingerprint density at radius 3 is 2.61 bits per heavy atom. The number of aryl methyl sites for hydroxylation is 1. The molecule has 5 rings (SSSR count). The monoisotopic (exact) mass is 433 g/mol. The summed E-state index contributed by atoms with van der Waals surface area (Å²) in [5.41, 5.74) is 3.29. The topological polar surface area (TPSA) is 87.9 Å². The van der Waals surface area contributed by atoms with Crippen LogP contribution in [0.3, 0.4) is 0 Å². The van der Waals surface area contributed by atoms with E-state index in [1.165, 1.54) is 17.2 Å². The van der Waals surface area contributed by atoms with Gasteiger partial charge in [-0.3, -0.25) is 4.90 Å². The van der Waals surface area contributed by atoms with Crippen LogP contribution < -0.4 is 10.2 Å². The van der Waals surface area contributed by atoms with E-state index in [2.05, 4.69) is 53.6 Å². The smallest absolute Gasteiger partial charge is 0.227 e. The molecule has 1 aliphatic rings. The summed E-state index contributed by atoms with van der Waals surface area (Å²) in [6, 6.07) is 9.96. The molecule has 1 aliphatic heterocycles. The van der Waals surface area contributed by atoms with Gasteiger partial charge in [0.25, 0.3) is 0 Å². The van der Waals surface area contributed by atoms with Gasteiger partial charge in [0.1, 0.15) is 5.00 Å². The molecule has 4 aromatic heterocycles. The molecule has 0 spiro atoms. The predicted molar refractivity (Wildman–Crippen MR) is 121 cm³/mol. The zero-order chi connectivity index (χ0) is 21.0. The summed E-state index contributed by atoms with van der Waals surface area (Å²) >= 11 is 1.44. The minimum Gasteiger partial charge on any atom is -0.368 e. The van der Waals surface area contributed by atoms with Crippen molar-refractivity contribution in [1.29, 1.82) is 0 Å². The molecule has 1 fully saturated rings. The summed E-state index contributed by atoms with van der Waals surface area (Å²) in [5.74, 6) is 1.44. The highest BCUT2D eigenvalue weighted by Gasteiger charge is 2.20. The third kappa shape index (κ3) is 4.54. The minimum absolute atomic E-state index is 0.592. The molecule has 0 radical (unpaired) electrons. The zero-order valence-electron chi connectivity index (χ0n) is 17.2. The number of rotatable bonds is 6. The third-order valence-electron chi connectivity index (χ3n) is 5.24. The van der Waals surface area contributed by atoms with E-state index in [0.29, 0.717) is 5.95 Å². The van der Waals surface area contributed by atoms with Crippen LogP contribution in [0.25, 0.3) is 5.82 Å². The van der Waals surface area contributed by atoms with Crippen LogP contribution in [0.5, 0.6) is 0 Å². The molecule has 0 unspecified atom stereocenters. The van der Waals surface area contributed by atoms with Crippen molar-refractivity contribution in [3.8, 4) is 5.82 Å². The minimum atomic E-state index is 0.592. The largest absolute Gasteiger partial charge is 0.368 e. The van der Waals surface area contributed by atoms with Gasteiger partial charge in [0.05, 0.1) is 17.1 Å². The van der Waals surface area contributed by atoms with Crippen molar-refractivity contribution in [3.05, 3.63) is 66.5 Å². The average Bonchev–Trinajstić information content (AvgIpc) is 3.48. The SMILES string of the molecule is Cc1nc(-n2cccn2)ccc1N1CCN(Cc2cc(Nc3ncccn3)sn2)CC1. The maximum absolute atomic E-state index is 4.73. The summed E-state index contributed by atoms with van der Waals surface area (Å²) in [7, 11) is 0. The van der Waals surface area contributed by atoms with Crippen molar-refractivity contribution in [1.82, 2.24) is 34.0 Å². The van der Waals surface area contributed by atoms with Crippen molar-refractivity contribution in [2.24, 2.45) is 0 Å². The van der Waals surface area contributed by atoms with Gasteiger partial charge in [-0.1, -0.05) is 0 Å². The molecule has 0 saturated carbocycles. The standard InChI is InChI=1S/C21H23N9S/c1-16-18(4-5-19(25-16)30-9-3-8-24-30)29-12-10-28(11-13-29)15-17-14-20(31-27-17)26-21-22-6-2-7-23-21/h2-9,14H,10-13,15H2,1H3,(H,22,23,26). The first-order chi connectivity index (χ1) is 15.2. The van der Waals surface area contributed by atoms with Gasteiger partial charge >= 0.3 is 0 Å². The molecule has 0 aliphatic carbocycles. The summed E-state index contributed by atoms with van der Waals surface area (Å²) in [5, 5.41) is 8.42. The Morgan fingerprint density at radius 1 is 1.03 bits per heavy atom. The lowest BCUT2D eigenvalue weighted by Gasteiger charge is -2.36. The van der Waals surface area contributed by atoms with Gasteiger partial charge in [0.2, 0.25) is 5.95 Å². The first kappa shape index (κ1) is 19.6. The van der Waals surface area contributed by atoms with Crippen molar-refractivity contribution in [2.45, 2.75) is 13.5 Å². The second kappa shape index (κ2) is 8.78. The highest BCUT2D eigenvalue weighted by atomic mass is 32.1. The number of pyridine rings is 1. The quantitative estimate of drug-likeness (QED) is 0.497. The lowest BCUT2D eigenvalue weighted by Crippen LogP contribution is -2.46. The Balaban J connectivity index is 1.17. The maximum atomic E-state index is 4.73. The van der Waals surface area contributed by atoms with Gasteiger partial charge in [-0.05, 0) is 48.8 Å². The molecule has 158 valence electrons. The van der Waals surface area contributed by atoms with Crippen LogP contribution in [0.2, 0.25) is 0 Å². The van der Waals surface area contributed by atoms with Gasteiger partial charge < -0.3 is 10.2 Å². The fraction of sp³-hybridized carbons (Fsp3) is 0.286. The number of anilines is 3. The number of hydrogen-bond donors (Lipinski definition) is 1. The van der Waals surface area contributed by atoms with Gasteiger partial charge in [-0.2, -0.15) is 9.47 Å². The summed E-state index contributed by atoms with van der Waals surface area (Å²) in [6.45, 7) is 6.82. The molecule has 4 aromatic rings. The Labute approximate surface area is 184 Å². The van der Waals surface area contributed by atoms with Crippen LogP contribution in [0.15, 0.2) is 55.1 Å². The maximum Gasteiger partial charge on any atom is 0.227 e. The van der Waals surface area contributed by atoms with E-state index < -0.39 is 0 Å². The summed E-state index contributed by atoms with van der Waals surface area (Å²) in [6.07, 6.45) is 7.12. The molecule has 9 nitrogen and oxygen atoms in total. The van der Waals surface area contributed by atoms with Gasteiger partial charge in [0, 0.05) is 57.5 Å². The van der Waals surface area contributed by atoms with Crippen LogP contribution in [-0.4, -0.2) is 60.2 Å². The Morgan fingerprint density at radius 2 is 1.87 bits per heavy atom.